The number of furan rings is 2. The lowest BCUT2D eigenvalue weighted by Crippen LogP contribution is -2.42. The second kappa shape index (κ2) is 10.3. The van der Waals surface area contributed by atoms with E-state index in [9.17, 15) is 9.59 Å². The Morgan fingerprint density at radius 1 is 1.14 bits per heavy atom. The van der Waals surface area contributed by atoms with E-state index in [1.54, 1.807) is 56.7 Å². The molecule has 2 atom stereocenters. The van der Waals surface area contributed by atoms with Crippen LogP contribution in [0.15, 0.2) is 80.6 Å². The fourth-order valence-corrected chi connectivity index (χ4v) is 4.82. The van der Waals surface area contributed by atoms with Crippen LogP contribution < -0.4 is 4.74 Å². The maximum absolute atomic E-state index is 13.4. The highest BCUT2D eigenvalue weighted by Crippen LogP contribution is 2.44. The van der Waals surface area contributed by atoms with E-state index >= 15 is 0 Å². The van der Waals surface area contributed by atoms with Crippen molar-refractivity contribution < 1.29 is 27.9 Å². The summed E-state index contributed by atoms with van der Waals surface area (Å²) >= 11 is 5.92. The van der Waals surface area contributed by atoms with Gasteiger partial charge >= 0.3 is 5.97 Å². The second-order valence-electron chi connectivity index (χ2n) is 9.51. The molecule has 2 aromatic heterocycles. The topological polar surface area (TPSA) is 94.5 Å². The number of hydrogen-bond donors (Lipinski definition) is 0. The number of halogens is 1. The van der Waals surface area contributed by atoms with Crippen LogP contribution in [0.3, 0.4) is 0 Å². The fourth-order valence-electron chi connectivity index (χ4n) is 4.70. The van der Waals surface area contributed by atoms with Crippen LogP contribution in [0, 0.1) is 5.92 Å². The molecule has 1 fully saturated rings. The smallest absolute Gasteiger partial charge is 0.350 e. The molecule has 1 aromatic carbocycles. The summed E-state index contributed by atoms with van der Waals surface area (Å²) in [5, 5.41) is 6.67. The summed E-state index contributed by atoms with van der Waals surface area (Å²) in [6.07, 6.45) is 7.79. The van der Waals surface area contributed by atoms with Gasteiger partial charge in [-0.05, 0) is 93.3 Å². The lowest BCUT2D eigenvalue weighted by molar-refractivity contribution is -0.164. The van der Waals surface area contributed by atoms with Gasteiger partial charge in [-0.1, -0.05) is 11.6 Å². The van der Waals surface area contributed by atoms with Gasteiger partial charge in [0.2, 0.25) is 0 Å². The summed E-state index contributed by atoms with van der Waals surface area (Å²) in [6, 6.07) is 13.6. The Bertz CT molecular complexity index is 1310. The van der Waals surface area contributed by atoms with E-state index in [-0.39, 0.29) is 5.92 Å². The zero-order chi connectivity index (χ0) is 26.0. The van der Waals surface area contributed by atoms with Gasteiger partial charge in [-0.25, -0.2) is 9.80 Å². The van der Waals surface area contributed by atoms with Crippen LogP contribution in [0.2, 0.25) is 5.02 Å². The van der Waals surface area contributed by atoms with E-state index in [1.807, 2.05) is 24.3 Å². The number of esters is 1. The molecule has 9 heteroatoms. The molecule has 1 aliphatic heterocycles. The number of amides is 1. The summed E-state index contributed by atoms with van der Waals surface area (Å²) in [4.78, 5) is 26.2. The van der Waals surface area contributed by atoms with E-state index in [1.165, 1.54) is 5.01 Å². The van der Waals surface area contributed by atoms with Crippen LogP contribution in [0.1, 0.15) is 50.7 Å². The number of ether oxygens (including phenoxy) is 2. The average Bonchev–Trinajstić information content (AvgIpc) is 3.64. The molecular weight excluding hydrogens is 496 g/mol. The number of carbonyl (C=O) groups is 2. The molecule has 0 spiro atoms. The van der Waals surface area contributed by atoms with Crippen molar-refractivity contribution in [3.05, 3.63) is 83.2 Å². The van der Waals surface area contributed by atoms with Gasteiger partial charge in [0.05, 0.1) is 18.2 Å². The first-order valence-corrected chi connectivity index (χ1v) is 12.5. The van der Waals surface area contributed by atoms with Crippen molar-refractivity contribution >= 4 is 35.3 Å². The van der Waals surface area contributed by atoms with Crippen LogP contribution in [-0.2, 0) is 14.3 Å². The van der Waals surface area contributed by atoms with Crippen molar-refractivity contribution in [3.63, 3.8) is 0 Å². The third-order valence-corrected chi connectivity index (χ3v) is 6.71. The van der Waals surface area contributed by atoms with E-state index in [4.69, 9.17) is 35.0 Å². The lowest BCUT2D eigenvalue weighted by Gasteiger charge is -2.28. The van der Waals surface area contributed by atoms with Crippen molar-refractivity contribution in [1.82, 2.24) is 5.01 Å². The van der Waals surface area contributed by atoms with Gasteiger partial charge in [-0.15, -0.1) is 0 Å². The van der Waals surface area contributed by atoms with Gasteiger partial charge in [0, 0.05) is 10.9 Å². The Morgan fingerprint density at radius 2 is 1.89 bits per heavy atom. The molecule has 5 rings (SSSR count). The Balaban J connectivity index is 1.33. The predicted molar refractivity (Wildman–Crippen MR) is 137 cm³/mol. The van der Waals surface area contributed by atoms with Crippen molar-refractivity contribution in [3.8, 4) is 5.75 Å². The average molecular weight is 523 g/mol. The number of rotatable bonds is 7. The Hall–Kier alpha value is -3.78. The van der Waals surface area contributed by atoms with Crippen LogP contribution in [0.25, 0.3) is 6.08 Å². The largest absolute Gasteiger partial charge is 0.476 e. The Kier molecular flexibility index (Phi) is 6.93. The number of carbonyl (C=O) groups excluding carboxylic acids is 2. The first kappa shape index (κ1) is 24.9. The Labute approximate surface area is 219 Å². The molecule has 37 heavy (non-hydrogen) atoms. The van der Waals surface area contributed by atoms with E-state index in [0.717, 1.165) is 36.3 Å². The maximum atomic E-state index is 13.4. The number of nitrogens with zero attached hydrogens (tertiary/aromatic N) is 2. The third kappa shape index (κ3) is 5.34. The van der Waals surface area contributed by atoms with Crippen molar-refractivity contribution in [2.24, 2.45) is 11.0 Å². The molecule has 0 radical (unpaired) electrons. The van der Waals surface area contributed by atoms with Crippen LogP contribution in [-0.4, -0.2) is 34.8 Å². The molecule has 1 aliphatic carbocycles. The van der Waals surface area contributed by atoms with Gasteiger partial charge in [0.1, 0.15) is 23.3 Å². The molecule has 0 N–H and O–H groups in total. The van der Waals surface area contributed by atoms with Gasteiger partial charge < -0.3 is 18.3 Å². The lowest BCUT2D eigenvalue weighted by atomic mass is 9.79. The number of hydrazone groups is 1. The van der Waals surface area contributed by atoms with Gasteiger partial charge in [0.25, 0.3) is 5.91 Å². The van der Waals surface area contributed by atoms with Gasteiger partial charge in [-0.2, -0.15) is 5.10 Å². The minimum absolute atomic E-state index is 0.0366. The van der Waals surface area contributed by atoms with Gasteiger partial charge in [0.15, 0.2) is 12.2 Å². The molecule has 3 heterocycles. The molecule has 8 nitrogen and oxygen atoms in total. The SMILES string of the molecule is CC(C)(Oc1ccc(Cl)cc1)C(=O)OCC(=O)N1N=C2C(=Cc3ccco3)CCCC2C1c1ccco1. The normalized spacial score (nSPS) is 20.5. The van der Waals surface area contributed by atoms with Gasteiger partial charge in [-0.3, -0.25) is 4.79 Å². The van der Waals surface area contributed by atoms with Crippen molar-refractivity contribution in [2.45, 2.75) is 44.8 Å². The quantitative estimate of drug-likeness (QED) is 0.350. The molecular formula is C28H27ClN2O6. The summed E-state index contributed by atoms with van der Waals surface area (Å²) in [5.41, 5.74) is 0.529. The Morgan fingerprint density at radius 3 is 2.59 bits per heavy atom. The zero-order valence-corrected chi connectivity index (χ0v) is 21.3. The minimum Gasteiger partial charge on any atom is -0.476 e. The monoisotopic (exact) mass is 522 g/mol. The molecule has 192 valence electrons. The first-order chi connectivity index (χ1) is 17.8. The zero-order valence-electron chi connectivity index (χ0n) is 20.6. The molecule has 2 aliphatic rings. The van der Waals surface area contributed by atoms with Crippen LogP contribution in [0.5, 0.6) is 5.75 Å². The number of fused-ring (bicyclic) bond motifs is 1. The van der Waals surface area contributed by atoms with Crippen LogP contribution in [0.4, 0.5) is 0 Å². The van der Waals surface area contributed by atoms with Crippen molar-refractivity contribution in [1.29, 1.82) is 0 Å². The molecule has 1 amide bonds. The third-order valence-electron chi connectivity index (χ3n) is 6.46. The van der Waals surface area contributed by atoms with E-state index in [0.29, 0.717) is 16.5 Å². The standard InChI is InChI=1S/C28H27ClN2O6/c1-28(2,37-20-12-10-19(29)11-13-20)27(33)36-17-24(32)31-26(23-9-5-15-35-23)22-8-3-6-18(25(22)30-31)16-21-7-4-14-34-21/h4-5,7,9-16,22,26H,3,6,8,17H2,1-2H3. The predicted octanol–water partition coefficient (Wildman–Crippen LogP) is 6.05. The summed E-state index contributed by atoms with van der Waals surface area (Å²) < 4.78 is 22.4. The molecule has 3 aromatic rings. The highest BCUT2D eigenvalue weighted by Gasteiger charge is 2.45. The second-order valence-corrected chi connectivity index (χ2v) is 9.95. The number of allylic oxidation sites excluding steroid dienone is 1. The van der Waals surface area contributed by atoms with Crippen molar-refractivity contribution in [2.75, 3.05) is 6.61 Å². The summed E-state index contributed by atoms with van der Waals surface area (Å²) in [6.45, 7) is 2.68. The molecule has 0 bridgehead atoms. The summed E-state index contributed by atoms with van der Waals surface area (Å²) in [5.74, 6) is 0.666. The molecule has 0 saturated heterocycles. The highest BCUT2D eigenvalue weighted by molar-refractivity contribution is 6.30. The van der Waals surface area contributed by atoms with Crippen LogP contribution >= 0.6 is 11.6 Å². The summed E-state index contributed by atoms with van der Waals surface area (Å²) in [7, 11) is 0. The number of benzene rings is 1. The van der Waals surface area contributed by atoms with E-state index < -0.39 is 30.1 Å². The molecule has 2 unspecified atom stereocenters. The fraction of sp³-hybridized carbons (Fsp3) is 0.321. The minimum atomic E-state index is -1.32. The van der Waals surface area contributed by atoms with E-state index in [2.05, 4.69) is 0 Å². The highest BCUT2D eigenvalue weighted by atomic mass is 35.5. The maximum Gasteiger partial charge on any atom is 0.350 e. The molecule has 1 saturated carbocycles. The first-order valence-electron chi connectivity index (χ1n) is 12.1. The number of hydrogen-bond acceptors (Lipinski definition) is 7.